The van der Waals surface area contributed by atoms with Gasteiger partial charge in [-0.25, -0.2) is 4.79 Å². The molecule has 0 heterocycles. The monoisotopic (exact) mass is 258 g/mol. The molecule has 0 bridgehead atoms. The topological polar surface area (TPSA) is 76.1 Å². The molecule has 1 atom stereocenters. The van der Waals surface area contributed by atoms with E-state index in [2.05, 4.69) is 10.5 Å². The second-order valence-corrected chi connectivity index (χ2v) is 3.46. The molecule has 0 aliphatic rings. The van der Waals surface area contributed by atoms with E-state index >= 15 is 0 Å². The Kier molecular flexibility index (Phi) is 4.15. The molecule has 0 aliphatic carbocycles. The van der Waals surface area contributed by atoms with Gasteiger partial charge in [0.25, 0.3) is 0 Å². The number of nitriles is 1. The van der Waals surface area contributed by atoms with Crippen LogP contribution in [0.5, 0.6) is 0 Å². The summed E-state index contributed by atoms with van der Waals surface area (Å²) in [6, 6.07) is 6.66. The number of carbonyl (C=O) groups excluding carboxylic acids is 1. The highest BCUT2D eigenvalue weighted by atomic mass is 19.4. The minimum Gasteiger partial charge on any atom is -0.449 e. The lowest BCUT2D eigenvalue weighted by molar-refractivity contribution is -0.158. The van der Waals surface area contributed by atoms with Gasteiger partial charge in [0, 0.05) is 0 Å². The predicted octanol–water partition coefficient (Wildman–Crippen LogP) is 2.30. The number of nitrogens with zero attached hydrogens (tertiary/aromatic N) is 1. The Morgan fingerprint density at radius 2 is 1.94 bits per heavy atom. The fourth-order valence-corrected chi connectivity index (χ4v) is 1.34. The molecule has 2 N–H and O–H groups in total. The van der Waals surface area contributed by atoms with E-state index in [1.165, 1.54) is 24.3 Å². The van der Waals surface area contributed by atoms with Crippen molar-refractivity contribution in [3.8, 4) is 6.07 Å². The summed E-state index contributed by atoms with van der Waals surface area (Å²) in [7, 11) is 0. The second-order valence-electron chi connectivity index (χ2n) is 3.46. The third kappa shape index (κ3) is 3.66. The van der Waals surface area contributed by atoms with Crippen LogP contribution in [0.3, 0.4) is 0 Å². The smallest absolute Gasteiger partial charge is 0.404 e. The summed E-state index contributed by atoms with van der Waals surface area (Å²) in [4.78, 5) is 10.4. The van der Waals surface area contributed by atoms with Crippen molar-refractivity contribution in [3.63, 3.8) is 0 Å². The van der Waals surface area contributed by atoms with Crippen molar-refractivity contribution in [3.05, 3.63) is 35.4 Å². The van der Waals surface area contributed by atoms with Gasteiger partial charge in [-0.1, -0.05) is 12.1 Å². The summed E-state index contributed by atoms with van der Waals surface area (Å²) in [5.74, 6) is -1.96. The third-order valence-electron chi connectivity index (χ3n) is 2.23. The number of hydrogen-bond acceptors (Lipinski definition) is 3. The lowest BCUT2D eigenvalue weighted by atomic mass is 9.98. The number of hydrogen-bond donors (Lipinski definition) is 1. The zero-order chi connectivity index (χ0) is 13.8. The van der Waals surface area contributed by atoms with E-state index in [9.17, 15) is 18.0 Å². The van der Waals surface area contributed by atoms with E-state index < -0.39 is 24.8 Å². The Bertz CT molecular complexity index is 463. The van der Waals surface area contributed by atoms with Crippen LogP contribution in [-0.2, 0) is 4.74 Å². The number of alkyl halides is 3. The van der Waals surface area contributed by atoms with E-state index in [0.29, 0.717) is 0 Å². The van der Waals surface area contributed by atoms with Crippen molar-refractivity contribution in [2.75, 3.05) is 6.61 Å². The molecule has 1 amide bonds. The third-order valence-corrected chi connectivity index (χ3v) is 2.23. The van der Waals surface area contributed by atoms with Gasteiger partial charge in [-0.15, -0.1) is 0 Å². The molecule has 96 valence electrons. The molecule has 4 nitrogen and oxygen atoms in total. The first-order chi connectivity index (χ1) is 8.34. The highest BCUT2D eigenvalue weighted by Gasteiger charge is 2.41. The Morgan fingerprint density at radius 1 is 1.39 bits per heavy atom. The van der Waals surface area contributed by atoms with Crippen LogP contribution in [0.25, 0.3) is 0 Å². The SMILES string of the molecule is N#Cc1ccc(C(COC(N)=O)C(F)(F)F)cc1. The first-order valence-electron chi connectivity index (χ1n) is 4.83. The highest BCUT2D eigenvalue weighted by Crippen LogP contribution is 2.35. The van der Waals surface area contributed by atoms with Gasteiger partial charge in [-0.3, -0.25) is 0 Å². The van der Waals surface area contributed by atoms with Crippen molar-refractivity contribution >= 4 is 6.09 Å². The molecule has 0 aliphatic heterocycles. The van der Waals surface area contributed by atoms with Gasteiger partial charge in [0.1, 0.15) is 12.5 Å². The maximum absolute atomic E-state index is 12.7. The van der Waals surface area contributed by atoms with Crippen LogP contribution in [0.15, 0.2) is 24.3 Å². The normalized spacial score (nSPS) is 12.6. The molecule has 1 rings (SSSR count). The molecular weight excluding hydrogens is 249 g/mol. The molecule has 18 heavy (non-hydrogen) atoms. The molecular formula is C11H9F3N2O2. The fourth-order valence-electron chi connectivity index (χ4n) is 1.34. The van der Waals surface area contributed by atoms with Crippen LogP contribution in [-0.4, -0.2) is 18.9 Å². The Balaban J connectivity index is 2.95. The zero-order valence-electron chi connectivity index (χ0n) is 9.07. The summed E-state index contributed by atoms with van der Waals surface area (Å²) in [5, 5.41) is 8.55. The first-order valence-corrected chi connectivity index (χ1v) is 4.83. The predicted molar refractivity (Wildman–Crippen MR) is 55.5 cm³/mol. The van der Waals surface area contributed by atoms with Crippen LogP contribution < -0.4 is 5.73 Å². The number of primary amides is 1. The molecule has 0 spiro atoms. The molecule has 1 aromatic rings. The molecule has 7 heteroatoms. The number of amides is 1. The summed E-state index contributed by atoms with van der Waals surface area (Å²) in [6.45, 7) is -0.884. The Morgan fingerprint density at radius 3 is 2.33 bits per heavy atom. The van der Waals surface area contributed by atoms with E-state index in [0.717, 1.165) is 0 Å². The number of carbonyl (C=O) groups is 1. The lowest BCUT2D eigenvalue weighted by Crippen LogP contribution is -2.28. The summed E-state index contributed by atoms with van der Waals surface area (Å²) < 4.78 is 42.4. The van der Waals surface area contributed by atoms with Crippen molar-refractivity contribution in [2.45, 2.75) is 12.1 Å². The lowest BCUT2D eigenvalue weighted by Gasteiger charge is -2.20. The van der Waals surface area contributed by atoms with E-state index in [-0.39, 0.29) is 11.1 Å². The van der Waals surface area contributed by atoms with Crippen LogP contribution in [0, 0.1) is 11.3 Å². The van der Waals surface area contributed by atoms with E-state index in [1.807, 2.05) is 0 Å². The zero-order valence-corrected chi connectivity index (χ0v) is 9.07. The number of halogens is 3. The molecule has 0 saturated heterocycles. The number of benzene rings is 1. The average molecular weight is 258 g/mol. The van der Waals surface area contributed by atoms with Crippen molar-refractivity contribution in [1.29, 1.82) is 5.26 Å². The van der Waals surface area contributed by atoms with Crippen LogP contribution in [0.1, 0.15) is 17.0 Å². The number of nitrogens with two attached hydrogens (primary N) is 1. The summed E-state index contributed by atoms with van der Waals surface area (Å²) >= 11 is 0. The number of rotatable bonds is 3. The summed E-state index contributed by atoms with van der Waals surface area (Å²) in [6.07, 6.45) is -5.83. The molecule has 1 unspecified atom stereocenters. The largest absolute Gasteiger partial charge is 0.449 e. The van der Waals surface area contributed by atoms with E-state index in [4.69, 9.17) is 5.26 Å². The quantitative estimate of drug-likeness (QED) is 0.903. The van der Waals surface area contributed by atoms with E-state index in [1.54, 1.807) is 6.07 Å². The fraction of sp³-hybridized carbons (Fsp3) is 0.273. The second kappa shape index (κ2) is 5.40. The van der Waals surface area contributed by atoms with Gasteiger partial charge < -0.3 is 10.5 Å². The van der Waals surface area contributed by atoms with Gasteiger partial charge in [0.15, 0.2) is 0 Å². The van der Waals surface area contributed by atoms with Crippen LogP contribution >= 0.6 is 0 Å². The van der Waals surface area contributed by atoms with Crippen LogP contribution in [0.4, 0.5) is 18.0 Å². The van der Waals surface area contributed by atoms with Gasteiger partial charge in [0.05, 0.1) is 11.6 Å². The van der Waals surface area contributed by atoms with Crippen molar-refractivity contribution < 1.29 is 22.7 Å². The molecule has 0 fully saturated rings. The molecule has 0 radical (unpaired) electrons. The maximum Gasteiger partial charge on any atom is 0.404 e. The maximum atomic E-state index is 12.7. The molecule has 0 saturated carbocycles. The van der Waals surface area contributed by atoms with Crippen molar-refractivity contribution in [2.24, 2.45) is 5.73 Å². The van der Waals surface area contributed by atoms with Gasteiger partial charge in [-0.2, -0.15) is 18.4 Å². The minimum absolute atomic E-state index is 0.0947. The van der Waals surface area contributed by atoms with Crippen LogP contribution in [0.2, 0.25) is 0 Å². The number of ether oxygens (including phenoxy) is 1. The van der Waals surface area contributed by atoms with Gasteiger partial charge in [-0.05, 0) is 17.7 Å². The first kappa shape index (κ1) is 13.8. The molecule has 0 aromatic heterocycles. The Labute approximate surface area is 101 Å². The standard InChI is InChI=1S/C11H9F3N2O2/c12-11(13,14)9(6-18-10(16)17)8-3-1-7(5-15)2-4-8/h1-4,9H,6H2,(H2,16,17). The molecule has 1 aromatic carbocycles. The Hall–Kier alpha value is -2.23. The highest BCUT2D eigenvalue weighted by molar-refractivity contribution is 5.64. The minimum atomic E-state index is -4.57. The van der Waals surface area contributed by atoms with Crippen molar-refractivity contribution in [1.82, 2.24) is 0 Å². The van der Waals surface area contributed by atoms with Gasteiger partial charge in [0.2, 0.25) is 0 Å². The van der Waals surface area contributed by atoms with Gasteiger partial charge >= 0.3 is 12.3 Å². The average Bonchev–Trinajstić information content (AvgIpc) is 2.28. The summed E-state index contributed by atoms with van der Waals surface area (Å²) in [5.41, 5.74) is 4.79.